The van der Waals surface area contributed by atoms with Crippen LogP contribution >= 0.6 is 0 Å². The van der Waals surface area contributed by atoms with Crippen molar-refractivity contribution >= 4 is 32.4 Å². The average Bonchev–Trinajstić information content (AvgIpc) is 3.29. The molecule has 1 amide bonds. The molecule has 8 nitrogen and oxygen atoms in total. The molecule has 0 fully saturated rings. The molecule has 9 heteroatoms. The first-order valence-electron chi connectivity index (χ1n) is 16.7. The zero-order valence-electron chi connectivity index (χ0n) is 30.1. The summed E-state index contributed by atoms with van der Waals surface area (Å²) in [6, 6.07) is 12.9. The summed E-state index contributed by atoms with van der Waals surface area (Å²) in [7, 11) is -4.06. The predicted octanol–water partition coefficient (Wildman–Crippen LogP) is 9.93. The molecule has 0 aliphatic carbocycles. The fraction of sp³-hybridized carbons (Fsp3) is 0.514. The summed E-state index contributed by atoms with van der Waals surface area (Å²) in [5.41, 5.74) is 8.18. The summed E-state index contributed by atoms with van der Waals surface area (Å²) >= 11 is 0. The molecule has 2 aromatic carbocycles. The second-order valence-electron chi connectivity index (χ2n) is 14.1. The Kier molecular flexibility index (Phi) is 10.4. The summed E-state index contributed by atoms with van der Waals surface area (Å²) in [5, 5.41) is 4.82. The molecule has 0 saturated carbocycles. The number of carbonyl (C=O) groups is 1. The Hall–Kier alpha value is -3.72. The Balaban J connectivity index is 2.24. The highest BCUT2D eigenvalue weighted by Crippen LogP contribution is 2.50. The third-order valence-corrected chi connectivity index (χ3v) is 11.8. The number of ether oxygens (including phenoxy) is 2. The van der Waals surface area contributed by atoms with E-state index in [-0.39, 0.29) is 42.0 Å². The van der Waals surface area contributed by atoms with Gasteiger partial charge < -0.3 is 18.5 Å². The number of anilines is 2. The van der Waals surface area contributed by atoms with Gasteiger partial charge in [-0.2, -0.15) is 0 Å². The Morgan fingerprint density at radius 2 is 1.17 bits per heavy atom. The molecule has 1 atom stereocenters. The lowest BCUT2D eigenvalue weighted by atomic mass is 9.92. The summed E-state index contributed by atoms with van der Waals surface area (Å²) < 4.78 is 25.2. The fourth-order valence-corrected chi connectivity index (χ4v) is 10.0. The normalized spacial score (nSPS) is 18.5. The van der Waals surface area contributed by atoms with E-state index >= 15 is 0 Å². The van der Waals surface area contributed by atoms with Crippen LogP contribution in [0.4, 0.5) is 16.2 Å². The molecule has 46 heavy (non-hydrogen) atoms. The van der Waals surface area contributed by atoms with Crippen LogP contribution in [0.2, 0.25) is 0 Å². The molecular formula is C37H54N4O4Si. The fourth-order valence-electron chi connectivity index (χ4n) is 6.31. The summed E-state index contributed by atoms with van der Waals surface area (Å²) in [6.45, 7) is 31.8. The number of amides is 1. The molecule has 0 bridgehead atoms. The average molecular weight is 647 g/mol. The number of hydrogen-bond donors (Lipinski definition) is 0. The van der Waals surface area contributed by atoms with Crippen molar-refractivity contribution in [2.24, 2.45) is 5.10 Å². The van der Waals surface area contributed by atoms with E-state index in [2.05, 4.69) is 120 Å². The van der Waals surface area contributed by atoms with Gasteiger partial charge in [0.2, 0.25) is 0 Å². The van der Waals surface area contributed by atoms with Crippen LogP contribution in [-0.2, 0) is 13.9 Å². The van der Waals surface area contributed by atoms with Crippen molar-refractivity contribution in [3.8, 4) is 0 Å². The van der Waals surface area contributed by atoms with Crippen LogP contribution in [0, 0.1) is 0 Å². The van der Waals surface area contributed by atoms with Gasteiger partial charge in [-0.3, -0.25) is 4.57 Å². The standard InChI is InChI=1S/C37H54N4O4Si/c1-22(2)30-17-15-18-31(23(3)4)34(30)39-28(13)21-29(14)40(35-32(24(5)6)19-16-20-33(35)25(7)8)46(39)41(37(42)44-27(11)12)38-36(45-46)43-26(9)10/h15-27H,13H2,1-12,14H3. The van der Waals surface area contributed by atoms with Crippen LogP contribution in [-0.4, -0.2) is 37.9 Å². The van der Waals surface area contributed by atoms with Gasteiger partial charge in [0, 0.05) is 22.8 Å². The number of para-hydroxylation sites is 2. The molecule has 4 rings (SSSR count). The molecule has 0 saturated heterocycles. The smallest absolute Gasteiger partial charge is 0.448 e. The molecule has 0 N–H and O–H groups in total. The van der Waals surface area contributed by atoms with Crippen LogP contribution in [0.15, 0.2) is 65.5 Å². The second kappa shape index (κ2) is 13.6. The maximum atomic E-state index is 14.4. The molecule has 0 radical (unpaired) electrons. The second-order valence-corrected chi connectivity index (χ2v) is 16.8. The molecule has 2 aliphatic rings. The molecule has 1 unspecified atom stereocenters. The zero-order chi connectivity index (χ0) is 34.2. The first-order chi connectivity index (χ1) is 21.5. The first kappa shape index (κ1) is 35.1. The number of hydrogen-bond acceptors (Lipinski definition) is 7. The van der Waals surface area contributed by atoms with Gasteiger partial charge in [-0.25, -0.2) is 4.79 Å². The van der Waals surface area contributed by atoms with Gasteiger partial charge in [-0.1, -0.05) is 103 Å². The van der Waals surface area contributed by atoms with E-state index in [0.717, 1.165) is 39.3 Å². The molecule has 0 aromatic heterocycles. The van der Waals surface area contributed by atoms with Crippen LogP contribution in [0.3, 0.4) is 0 Å². The topological polar surface area (TPSA) is 66.8 Å². The summed E-state index contributed by atoms with van der Waals surface area (Å²) in [5.74, 6) is 0.717. The van der Waals surface area contributed by atoms with Gasteiger partial charge in [0.15, 0.2) is 0 Å². The molecule has 250 valence electrons. The predicted molar refractivity (Wildman–Crippen MR) is 191 cm³/mol. The monoisotopic (exact) mass is 646 g/mol. The Morgan fingerprint density at radius 1 is 0.739 bits per heavy atom. The molecule has 2 heterocycles. The van der Waals surface area contributed by atoms with Gasteiger partial charge in [0.25, 0.3) is 0 Å². The minimum absolute atomic E-state index is 0.0427. The van der Waals surface area contributed by atoms with Crippen LogP contribution in [0.25, 0.3) is 0 Å². The van der Waals surface area contributed by atoms with Gasteiger partial charge in [-0.15, -0.1) is 4.67 Å². The van der Waals surface area contributed by atoms with E-state index in [1.165, 1.54) is 4.67 Å². The van der Waals surface area contributed by atoms with E-state index in [1.54, 1.807) is 0 Å². The van der Waals surface area contributed by atoms with Crippen molar-refractivity contribution in [3.63, 3.8) is 0 Å². The highest BCUT2D eigenvalue weighted by Gasteiger charge is 2.70. The molecular weight excluding hydrogens is 593 g/mol. The van der Waals surface area contributed by atoms with E-state index in [4.69, 9.17) is 19.0 Å². The SMILES string of the molecule is C=C1C=C(C)N(c2c(C(C)C)cccc2C(C)C)[Si]2(OC(OC(C)C)=NN2C(=O)OC(C)C)N1c1c(C(C)C)cccc1C(C)C. The third-order valence-electron chi connectivity index (χ3n) is 8.26. The number of rotatable bonds is 8. The van der Waals surface area contributed by atoms with Crippen molar-refractivity contribution in [2.75, 3.05) is 9.13 Å². The molecule has 1 spiro atoms. The Bertz CT molecular complexity index is 1470. The van der Waals surface area contributed by atoms with Crippen LogP contribution in [0.1, 0.15) is 136 Å². The lowest BCUT2D eigenvalue weighted by molar-refractivity contribution is 0.0938. The van der Waals surface area contributed by atoms with Crippen molar-refractivity contribution < 1.29 is 18.7 Å². The summed E-state index contributed by atoms with van der Waals surface area (Å²) in [6.07, 6.45) is 0.929. The van der Waals surface area contributed by atoms with Crippen LogP contribution in [0.5, 0.6) is 0 Å². The highest BCUT2D eigenvalue weighted by atomic mass is 28.4. The third kappa shape index (κ3) is 6.30. The highest BCUT2D eigenvalue weighted by molar-refractivity contribution is 6.83. The lowest BCUT2D eigenvalue weighted by Gasteiger charge is -2.52. The van der Waals surface area contributed by atoms with Gasteiger partial charge >= 0.3 is 21.0 Å². The van der Waals surface area contributed by atoms with Crippen LogP contribution < -0.4 is 9.13 Å². The Labute approximate surface area is 278 Å². The minimum atomic E-state index is -4.06. The number of benzene rings is 2. The van der Waals surface area contributed by atoms with Crippen molar-refractivity contribution in [2.45, 2.75) is 126 Å². The van der Waals surface area contributed by atoms with E-state index < -0.39 is 14.9 Å². The maximum absolute atomic E-state index is 14.4. The lowest BCUT2D eigenvalue weighted by Crippen LogP contribution is -2.77. The van der Waals surface area contributed by atoms with Gasteiger partial charge in [0.1, 0.15) is 0 Å². The number of carbonyl (C=O) groups excluding carboxylic acids is 1. The minimum Gasteiger partial charge on any atom is -0.448 e. The number of hydrazone groups is 1. The maximum Gasteiger partial charge on any atom is 0.650 e. The van der Waals surface area contributed by atoms with Gasteiger partial charge in [0.05, 0.1) is 12.2 Å². The first-order valence-corrected chi connectivity index (χ1v) is 18.5. The Morgan fingerprint density at radius 3 is 1.57 bits per heavy atom. The van der Waals surface area contributed by atoms with Crippen molar-refractivity contribution in [1.82, 2.24) is 4.67 Å². The summed E-state index contributed by atoms with van der Waals surface area (Å²) in [4.78, 5) is 14.4. The van der Waals surface area contributed by atoms with Crippen molar-refractivity contribution in [1.29, 1.82) is 0 Å². The largest absolute Gasteiger partial charge is 0.650 e. The molecule has 2 aliphatic heterocycles. The van der Waals surface area contributed by atoms with E-state index in [9.17, 15) is 4.79 Å². The van der Waals surface area contributed by atoms with Gasteiger partial charge in [-0.05, 0) is 86.6 Å². The van der Waals surface area contributed by atoms with E-state index in [1.807, 2.05) is 27.7 Å². The zero-order valence-corrected chi connectivity index (χ0v) is 31.1. The van der Waals surface area contributed by atoms with E-state index in [0.29, 0.717) is 5.70 Å². The van der Waals surface area contributed by atoms with Crippen molar-refractivity contribution in [3.05, 3.63) is 82.7 Å². The number of nitrogens with zero attached hydrogens (tertiary/aromatic N) is 4. The number of allylic oxidation sites excluding steroid dienone is 2. The quantitative estimate of drug-likeness (QED) is 0.266. The molecule has 2 aromatic rings.